The van der Waals surface area contributed by atoms with Crippen LogP contribution >= 0.6 is 0 Å². The van der Waals surface area contributed by atoms with Crippen LogP contribution in [0.5, 0.6) is 0 Å². The van der Waals surface area contributed by atoms with Gasteiger partial charge in [0.1, 0.15) is 13.5 Å². The van der Waals surface area contributed by atoms with Gasteiger partial charge in [0.2, 0.25) is 0 Å². The van der Waals surface area contributed by atoms with Gasteiger partial charge in [-0.15, -0.1) is 24.8 Å². The summed E-state index contributed by atoms with van der Waals surface area (Å²) in [5.74, 6) is 0. The van der Waals surface area contributed by atoms with Crippen LogP contribution < -0.4 is 3.84 Å². The molecular weight excluding hydrogens is 1270 g/mol. The maximum Gasteiger partial charge on any atom is 1.00 e. The van der Waals surface area contributed by atoms with Gasteiger partial charge >= 0.3 is 143 Å². The van der Waals surface area contributed by atoms with E-state index in [0.717, 1.165) is 19.8 Å². The van der Waals surface area contributed by atoms with Crippen molar-refractivity contribution in [2.45, 2.75) is 121 Å². The van der Waals surface area contributed by atoms with Crippen molar-refractivity contribution in [2.24, 2.45) is 0 Å². The first-order chi connectivity index (χ1) is 23.1. The zero-order chi connectivity index (χ0) is 34.9. The minimum Gasteiger partial charge on any atom is -0.545 e. The Morgan fingerprint density at radius 1 is 0.745 bits per heavy atom. The number of ether oxygens (including phenoxy) is 3. The first-order valence-corrected chi connectivity index (χ1v) is 24.3. The summed E-state index contributed by atoms with van der Waals surface area (Å²) in [5.41, 5.74) is 0. The SMILES string of the molecule is C.CCC[CH2][Sn]([CH2]CCC)([CH2]CCC)[c]1nccn1COCC.CCOCn1[c-]ncc1.CCOCn1ccnc1.[CH-]=O.[H+].[W].[W].[W].[c-]1ncc[nH]1. The second-order valence-corrected chi connectivity index (χ2v) is 23.3. The van der Waals surface area contributed by atoms with E-state index in [1.807, 2.05) is 37.0 Å². The number of unbranched alkanes of at least 4 members (excludes halogenated alkanes) is 3. The first-order valence-electron chi connectivity index (χ1n) is 16.8. The molecule has 0 radical (unpaired) electrons. The van der Waals surface area contributed by atoms with Crippen molar-refractivity contribution < 1.29 is 83.6 Å². The standard InChI is InChI=1S/C6H10N2O.2C6H9N2O.3C4H9.C3H3N2.CHO.CH4.Sn.3W/c3*1-2-9-6-8-4-3-7-5-8;3*1-3-4-2;1-2-5-3-4-1;1-2;;;;;/h3-5H,2,6H2,1H3;2*3-4H,2,6H2,1H3;3*1,3-4H2,2H3;1-2H,(H,4,5);1H;1H4;;;;/q;;-1;;;;2*-1;;;;;/p+1. The summed E-state index contributed by atoms with van der Waals surface area (Å²) in [6, 6.07) is 0. The predicted molar refractivity (Wildman–Crippen MR) is 197 cm³/mol. The molecule has 292 valence electrons. The van der Waals surface area contributed by atoms with Crippen molar-refractivity contribution in [3.8, 4) is 0 Å². The Morgan fingerprint density at radius 3 is 1.73 bits per heavy atom. The van der Waals surface area contributed by atoms with E-state index in [9.17, 15) is 0 Å². The predicted octanol–water partition coefficient (Wildman–Crippen LogP) is 7.16. The van der Waals surface area contributed by atoms with Crippen LogP contribution in [0.1, 0.15) is 88.9 Å². The molecule has 0 bridgehead atoms. The zero-order valence-corrected chi connectivity index (χ0v) is 42.5. The van der Waals surface area contributed by atoms with E-state index < -0.39 is 18.4 Å². The largest absolute Gasteiger partial charge is 1.00 e. The van der Waals surface area contributed by atoms with Crippen molar-refractivity contribution in [2.75, 3.05) is 19.8 Å². The fourth-order valence-corrected chi connectivity index (χ4v) is 20.6. The van der Waals surface area contributed by atoms with Crippen molar-refractivity contribution in [1.29, 1.82) is 0 Å². The second-order valence-electron chi connectivity index (χ2n) is 10.5. The van der Waals surface area contributed by atoms with E-state index in [1.165, 1.54) is 55.7 Å². The fraction of sp³-hybridized carbons (Fsp3) is 0.629. The summed E-state index contributed by atoms with van der Waals surface area (Å²) >= 11 is -2.40. The molecule has 0 saturated carbocycles. The molecule has 0 aliphatic heterocycles. The van der Waals surface area contributed by atoms with Crippen LogP contribution in [-0.2, 0) is 102 Å². The molecule has 51 heavy (non-hydrogen) atoms. The summed E-state index contributed by atoms with van der Waals surface area (Å²) in [6.45, 7) is 20.3. The molecule has 0 amide bonds. The molecule has 4 aromatic rings. The summed E-state index contributed by atoms with van der Waals surface area (Å²) in [7, 11) is 0. The summed E-state index contributed by atoms with van der Waals surface area (Å²) < 4.78 is 27.7. The smallest absolute Gasteiger partial charge is 0.545 e. The quantitative estimate of drug-likeness (QED) is 0.0596. The summed E-state index contributed by atoms with van der Waals surface area (Å²) in [4.78, 5) is 26.4. The molecule has 0 atom stereocenters. The van der Waals surface area contributed by atoms with Crippen molar-refractivity contribution >= 4 is 29.0 Å². The van der Waals surface area contributed by atoms with Gasteiger partial charge in [0.15, 0.2) is 0 Å². The zero-order valence-electron chi connectivity index (χ0n) is 31.9. The number of nitrogens with one attached hydrogen (secondary N) is 1. The Balaban J connectivity index is -0.000000147. The molecule has 4 aromatic heterocycles. The van der Waals surface area contributed by atoms with E-state index in [1.54, 1.807) is 35.7 Å². The van der Waals surface area contributed by atoms with Gasteiger partial charge in [0.05, 0.1) is 6.33 Å². The maximum atomic E-state index is 7.75. The Morgan fingerprint density at radius 2 is 1.31 bits per heavy atom. The van der Waals surface area contributed by atoms with Gasteiger partial charge in [-0.1, -0.05) is 7.43 Å². The van der Waals surface area contributed by atoms with Crippen molar-refractivity contribution in [3.05, 3.63) is 68.6 Å². The van der Waals surface area contributed by atoms with Gasteiger partial charge in [0, 0.05) is 95.1 Å². The monoisotopic (exact) mass is 1330 g/mol. The molecule has 0 unspecified atom stereocenters. The number of rotatable bonds is 19. The molecular formula is C35H64N8O4SnW3-2. The van der Waals surface area contributed by atoms with Crippen LogP contribution in [0.2, 0.25) is 13.3 Å². The molecule has 1 N–H and O–H groups in total. The average molecular weight is 1330 g/mol. The molecule has 12 nitrogen and oxygen atoms in total. The van der Waals surface area contributed by atoms with E-state index in [2.05, 4.69) is 77.8 Å². The molecule has 0 aliphatic carbocycles. The molecule has 4 heterocycles. The molecule has 0 fully saturated rings. The van der Waals surface area contributed by atoms with E-state index in [-0.39, 0.29) is 72.0 Å². The molecule has 0 spiro atoms. The van der Waals surface area contributed by atoms with Crippen LogP contribution in [-0.4, -0.2) is 83.6 Å². The minimum absolute atomic E-state index is 0. The molecule has 0 aliphatic rings. The van der Waals surface area contributed by atoms with Gasteiger partial charge in [0.25, 0.3) is 0 Å². The molecule has 0 aromatic carbocycles. The number of nitrogens with zero attached hydrogens (tertiary/aromatic N) is 7. The van der Waals surface area contributed by atoms with Gasteiger partial charge in [-0.05, 0) is 20.2 Å². The number of aromatic amines is 1. The summed E-state index contributed by atoms with van der Waals surface area (Å²) in [5, 5.41) is 0. The molecule has 0 saturated heterocycles. The third kappa shape index (κ3) is 29.3. The fourth-order valence-electron chi connectivity index (χ4n) is 4.58. The van der Waals surface area contributed by atoms with Crippen LogP contribution in [0, 0.1) is 12.7 Å². The Hall–Kier alpha value is -0.746. The molecule has 4 rings (SSSR count). The van der Waals surface area contributed by atoms with Crippen LogP contribution in [0.15, 0.2) is 55.9 Å². The van der Waals surface area contributed by atoms with E-state index >= 15 is 0 Å². The Kier molecular flexibility index (Phi) is 51.0. The van der Waals surface area contributed by atoms with E-state index in [0.29, 0.717) is 20.2 Å². The number of aromatic nitrogens is 8. The number of hydrogen-bond acceptors (Lipinski definition) is 8. The third-order valence-corrected chi connectivity index (χ3v) is 22.1. The second kappa shape index (κ2) is 43.7. The Bertz CT molecular complexity index is 1070. The number of carbonyl (C=O) groups excluding carboxylic acids is 1. The minimum atomic E-state index is -2.40. The van der Waals surface area contributed by atoms with Crippen LogP contribution in [0.3, 0.4) is 0 Å². The topological polar surface area (TPSA) is 127 Å². The van der Waals surface area contributed by atoms with Crippen molar-refractivity contribution in [3.63, 3.8) is 0 Å². The first kappa shape index (κ1) is 59.5. The normalized spacial score (nSPS) is 9.53. The third-order valence-electron chi connectivity index (χ3n) is 6.96. The van der Waals surface area contributed by atoms with Gasteiger partial charge in [-0.2, -0.15) is 0 Å². The van der Waals surface area contributed by atoms with Gasteiger partial charge in [-0.25, -0.2) is 4.98 Å². The van der Waals surface area contributed by atoms with Crippen molar-refractivity contribution in [1.82, 2.24) is 38.6 Å². The van der Waals surface area contributed by atoms with E-state index in [4.69, 9.17) is 24.0 Å². The average Bonchev–Trinajstić information content (AvgIpc) is 3.96. The number of imidazole rings is 4. The number of hydrogen-bond donors (Lipinski definition) is 1. The molecule has 16 heteroatoms. The summed E-state index contributed by atoms with van der Waals surface area (Å²) in [6.07, 6.45) is 29.6. The van der Waals surface area contributed by atoms with Crippen LogP contribution in [0.25, 0.3) is 0 Å². The van der Waals surface area contributed by atoms with Gasteiger partial charge in [-0.3, -0.25) is 6.79 Å². The maximum absolute atomic E-state index is 7.75. The van der Waals surface area contributed by atoms with Crippen LogP contribution in [0.4, 0.5) is 0 Å². The van der Waals surface area contributed by atoms with Gasteiger partial charge < -0.3 is 38.4 Å². The Labute approximate surface area is 357 Å². The number of H-pyrrole nitrogens is 1.